The number of rotatable bonds is 4. The van der Waals surface area contributed by atoms with Gasteiger partial charge in [-0.1, -0.05) is 17.7 Å². The Morgan fingerprint density at radius 1 is 1.03 bits per heavy atom. The standard InChI is InChI=1S/C23H31ClN6O/c1-17-15-30(16-18(2)31-17)22-8-3-19(13-26-22)14-27-23(25)29-11-9-28(10-12-29)21-6-4-20(24)5-7-21/h3-8,13,17-18H,9-12,14-16H2,1-2H3,(H2,25,27). The summed E-state index contributed by atoms with van der Waals surface area (Å²) in [5, 5.41) is 0.760. The van der Waals surface area contributed by atoms with E-state index >= 15 is 0 Å². The topological polar surface area (TPSA) is 70.2 Å². The summed E-state index contributed by atoms with van der Waals surface area (Å²) in [6.07, 6.45) is 2.33. The second-order valence-electron chi connectivity index (χ2n) is 8.31. The average Bonchev–Trinajstić information content (AvgIpc) is 2.78. The number of hydrogen-bond donors (Lipinski definition) is 1. The second-order valence-corrected chi connectivity index (χ2v) is 8.75. The highest BCUT2D eigenvalue weighted by molar-refractivity contribution is 6.30. The van der Waals surface area contributed by atoms with Crippen molar-refractivity contribution in [3.63, 3.8) is 0 Å². The van der Waals surface area contributed by atoms with Gasteiger partial charge in [0.2, 0.25) is 0 Å². The van der Waals surface area contributed by atoms with Crippen molar-refractivity contribution in [1.82, 2.24) is 9.88 Å². The van der Waals surface area contributed by atoms with E-state index in [-0.39, 0.29) is 12.2 Å². The van der Waals surface area contributed by atoms with Gasteiger partial charge in [-0.2, -0.15) is 0 Å². The molecule has 2 N–H and O–H groups in total. The van der Waals surface area contributed by atoms with Gasteiger partial charge in [0, 0.05) is 56.2 Å². The largest absolute Gasteiger partial charge is 0.372 e. The van der Waals surface area contributed by atoms with E-state index in [0.29, 0.717) is 12.5 Å². The number of pyridine rings is 1. The first-order valence-electron chi connectivity index (χ1n) is 10.9. The zero-order chi connectivity index (χ0) is 21.8. The molecular formula is C23H31ClN6O. The molecule has 1 aromatic carbocycles. The molecule has 2 atom stereocenters. The number of nitrogens with zero attached hydrogens (tertiary/aromatic N) is 5. The first-order valence-corrected chi connectivity index (χ1v) is 11.3. The number of aliphatic imine (C=N–C) groups is 1. The first kappa shape index (κ1) is 21.7. The predicted octanol–water partition coefficient (Wildman–Crippen LogP) is 2.99. The number of piperazine rings is 1. The number of ether oxygens (including phenoxy) is 1. The summed E-state index contributed by atoms with van der Waals surface area (Å²) in [6.45, 7) is 9.98. The Kier molecular flexibility index (Phi) is 6.83. The number of benzene rings is 1. The van der Waals surface area contributed by atoms with Crippen LogP contribution in [0.4, 0.5) is 11.5 Å². The van der Waals surface area contributed by atoms with Crippen molar-refractivity contribution in [2.45, 2.75) is 32.6 Å². The summed E-state index contributed by atoms with van der Waals surface area (Å²) in [5.74, 6) is 1.58. The third-order valence-corrected chi connectivity index (χ3v) is 6.02. The fourth-order valence-corrected chi connectivity index (χ4v) is 4.31. The van der Waals surface area contributed by atoms with Crippen molar-refractivity contribution >= 4 is 29.1 Å². The number of nitrogens with two attached hydrogens (primary N) is 1. The quantitative estimate of drug-likeness (QED) is 0.579. The van der Waals surface area contributed by atoms with E-state index in [0.717, 1.165) is 55.7 Å². The van der Waals surface area contributed by atoms with Gasteiger partial charge in [0.25, 0.3) is 0 Å². The van der Waals surface area contributed by atoms with Gasteiger partial charge >= 0.3 is 0 Å². The number of anilines is 2. The van der Waals surface area contributed by atoms with Crippen molar-refractivity contribution in [2.24, 2.45) is 10.7 Å². The van der Waals surface area contributed by atoms with Crippen LogP contribution in [0.15, 0.2) is 47.6 Å². The molecule has 8 heteroatoms. The summed E-state index contributed by atoms with van der Waals surface area (Å²) in [4.78, 5) is 16.0. The highest BCUT2D eigenvalue weighted by Crippen LogP contribution is 2.20. The smallest absolute Gasteiger partial charge is 0.191 e. The molecule has 1 aromatic heterocycles. The van der Waals surface area contributed by atoms with E-state index in [1.54, 1.807) is 0 Å². The zero-order valence-corrected chi connectivity index (χ0v) is 19.0. The molecule has 166 valence electrons. The summed E-state index contributed by atoms with van der Waals surface area (Å²) in [5.41, 5.74) is 8.52. The molecular weight excluding hydrogens is 412 g/mol. The maximum absolute atomic E-state index is 6.28. The van der Waals surface area contributed by atoms with Gasteiger partial charge in [-0.3, -0.25) is 0 Å². The maximum atomic E-state index is 6.28. The predicted molar refractivity (Wildman–Crippen MR) is 127 cm³/mol. The monoisotopic (exact) mass is 442 g/mol. The molecule has 2 aliphatic rings. The van der Waals surface area contributed by atoms with Crippen LogP contribution in [0.5, 0.6) is 0 Å². The maximum Gasteiger partial charge on any atom is 0.191 e. The summed E-state index contributed by atoms with van der Waals surface area (Å²) in [6, 6.07) is 12.1. The Morgan fingerprint density at radius 2 is 1.71 bits per heavy atom. The van der Waals surface area contributed by atoms with Crippen molar-refractivity contribution in [1.29, 1.82) is 0 Å². The molecule has 2 saturated heterocycles. The fourth-order valence-electron chi connectivity index (χ4n) is 4.18. The van der Waals surface area contributed by atoms with Crippen LogP contribution >= 0.6 is 11.6 Å². The molecule has 2 unspecified atom stereocenters. The van der Waals surface area contributed by atoms with Crippen LogP contribution in [-0.4, -0.2) is 67.3 Å². The van der Waals surface area contributed by atoms with Gasteiger partial charge < -0.3 is 25.2 Å². The lowest BCUT2D eigenvalue weighted by atomic mass is 10.2. The highest BCUT2D eigenvalue weighted by Gasteiger charge is 2.23. The number of guanidine groups is 1. The summed E-state index contributed by atoms with van der Waals surface area (Å²) in [7, 11) is 0. The molecule has 2 aliphatic heterocycles. The second kappa shape index (κ2) is 9.75. The van der Waals surface area contributed by atoms with Crippen LogP contribution < -0.4 is 15.5 Å². The van der Waals surface area contributed by atoms with Crippen molar-refractivity contribution in [3.05, 3.63) is 53.2 Å². The van der Waals surface area contributed by atoms with Crippen LogP contribution in [-0.2, 0) is 11.3 Å². The molecule has 0 radical (unpaired) electrons. The molecule has 2 fully saturated rings. The Morgan fingerprint density at radius 3 is 2.32 bits per heavy atom. The van der Waals surface area contributed by atoms with Crippen LogP contribution in [0.3, 0.4) is 0 Å². The third kappa shape index (κ3) is 5.60. The van der Waals surface area contributed by atoms with Crippen LogP contribution in [0.25, 0.3) is 0 Å². The first-order chi connectivity index (χ1) is 15.0. The normalized spacial score (nSPS) is 22.7. The minimum atomic E-state index is 0.217. The van der Waals surface area contributed by atoms with Gasteiger partial charge in [-0.25, -0.2) is 9.98 Å². The Bertz CT molecular complexity index is 870. The molecule has 4 rings (SSSR count). The Hall–Kier alpha value is -2.51. The summed E-state index contributed by atoms with van der Waals surface area (Å²) >= 11 is 5.99. The van der Waals surface area contributed by atoms with Gasteiger partial charge in [0.1, 0.15) is 5.82 Å². The number of hydrogen-bond acceptors (Lipinski definition) is 5. The van der Waals surface area contributed by atoms with E-state index in [4.69, 9.17) is 22.1 Å². The third-order valence-electron chi connectivity index (χ3n) is 5.77. The van der Waals surface area contributed by atoms with Crippen molar-refractivity contribution < 1.29 is 4.74 Å². The highest BCUT2D eigenvalue weighted by atomic mass is 35.5. The van der Waals surface area contributed by atoms with E-state index in [9.17, 15) is 0 Å². The minimum absolute atomic E-state index is 0.217. The van der Waals surface area contributed by atoms with Gasteiger partial charge in [-0.05, 0) is 49.7 Å². The van der Waals surface area contributed by atoms with Crippen LogP contribution in [0.1, 0.15) is 19.4 Å². The molecule has 0 spiro atoms. The molecule has 7 nitrogen and oxygen atoms in total. The summed E-state index contributed by atoms with van der Waals surface area (Å²) < 4.78 is 5.81. The van der Waals surface area contributed by atoms with E-state index in [1.807, 2.05) is 18.3 Å². The van der Waals surface area contributed by atoms with Gasteiger partial charge in [0.15, 0.2) is 5.96 Å². The Labute approximate surface area is 189 Å². The van der Waals surface area contributed by atoms with Crippen LogP contribution in [0.2, 0.25) is 5.02 Å². The van der Waals surface area contributed by atoms with Gasteiger partial charge in [0.05, 0.1) is 18.8 Å². The lowest BCUT2D eigenvalue weighted by Gasteiger charge is -2.36. The van der Waals surface area contributed by atoms with E-state index < -0.39 is 0 Å². The van der Waals surface area contributed by atoms with Crippen molar-refractivity contribution in [3.8, 4) is 0 Å². The zero-order valence-electron chi connectivity index (χ0n) is 18.2. The lowest BCUT2D eigenvalue weighted by molar-refractivity contribution is -0.00545. The molecule has 0 saturated carbocycles. The molecule has 0 aliphatic carbocycles. The minimum Gasteiger partial charge on any atom is -0.372 e. The number of halogens is 1. The lowest BCUT2D eigenvalue weighted by Crippen LogP contribution is -2.51. The number of aromatic nitrogens is 1. The van der Waals surface area contributed by atoms with Gasteiger partial charge in [-0.15, -0.1) is 0 Å². The van der Waals surface area contributed by atoms with Crippen molar-refractivity contribution in [2.75, 3.05) is 49.1 Å². The molecule has 0 amide bonds. The number of morpholine rings is 1. The van der Waals surface area contributed by atoms with E-state index in [2.05, 4.69) is 62.8 Å². The molecule has 2 aromatic rings. The van der Waals surface area contributed by atoms with Crippen LogP contribution in [0, 0.1) is 0 Å². The molecule has 0 bridgehead atoms. The fraction of sp³-hybridized carbons (Fsp3) is 0.478. The van der Waals surface area contributed by atoms with E-state index in [1.165, 1.54) is 5.69 Å². The molecule has 3 heterocycles. The Balaban J connectivity index is 1.29. The SMILES string of the molecule is CC1CN(c2ccc(CN=C(N)N3CCN(c4ccc(Cl)cc4)CC3)cn2)CC(C)O1. The molecule has 31 heavy (non-hydrogen) atoms. The average molecular weight is 443 g/mol.